The predicted octanol–water partition coefficient (Wildman–Crippen LogP) is 4.34. The molecule has 11 atom stereocenters. The van der Waals surface area contributed by atoms with Crippen LogP contribution in [-0.4, -0.2) is 64.2 Å². The molecule has 1 unspecified atom stereocenters. The van der Waals surface area contributed by atoms with E-state index in [1.807, 2.05) is 6.92 Å². The lowest BCUT2D eigenvalue weighted by Crippen LogP contribution is -2.57. The molecular weight excluding hydrogens is 615 g/mol. The van der Waals surface area contributed by atoms with Gasteiger partial charge >= 0.3 is 25.5 Å². The zero-order valence-electron chi connectivity index (χ0n) is 27.6. The molecule has 0 bridgehead atoms. The van der Waals surface area contributed by atoms with Crippen LogP contribution in [0.1, 0.15) is 80.1 Å². The zero-order chi connectivity index (χ0) is 34.2. The van der Waals surface area contributed by atoms with Crippen molar-refractivity contribution in [2.24, 2.45) is 51.2 Å². The highest BCUT2D eigenvalue weighted by Crippen LogP contribution is 2.87. The van der Waals surface area contributed by atoms with Crippen LogP contribution in [0, 0.1) is 51.2 Å². The predicted molar refractivity (Wildman–Crippen MR) is 165 cm³/mol. The fourth-order valence-corrected chi connectivity index (χ4v) is 11.1. The van der Waals surface area contributed by atoms with Crippen LogP contribution in [0.5, 0.6) is 0 Å². The minimum absolute atomic E-state index is 0.0152. The Labute approximate surface area is 270 Å². The fraction of sp³-hybridized carbons (Fsp3) is 0.735. The first-order valence-corrected chi connectivity index (χ1v) is 18.0. The van der Waals surface area contributed by atoms with Gasteiger partial charge in [-0.25, -0.2) is 0 Å². The lowest BCUT2D eigenvalue weighted by molar-refractivity contribution is -0.173. The van der Waals surface area contributed by atoms with Gasteiger partial charge in [-0.1, -0.05) is 40.3 Å². The molecule has 5 aliphatic carbocycles. The van der Waals surface area contributed by atoms with Crippen LogP contribution in [0.3, 0.4) is 0 Å². The second kappa shape index (κ2) is 11.5. The highest BCUT2D eigenvalue weighted by atomic mass is 31.2. The van der Waals surface area contributed by atoms with Crippen LogP contribution in [0.15, 0.2) is 24.3 Å². The lowest BCUT2D eigenvalue weighted by atomic mass is 9.43. The van der Waals surface area contributed by atoms with Crippen LogP contribution in [-0.2, 0) is 42.7 Å². The molecule has 12 heteroatoms. The second-order valence-corrected chi connectivity index (χ2v) is 16.8. The number of rotatable bonds is 10. The normalized spacial score (nSPS) is 40.3. The SMILES string of the molecule is C=C(C(=O)[C@H](OC(C)=O)C1[C@@H](OC(C)=O)C[C@@]2(C)[C@@H]3CC[C@H]4[C@H](C)C(=O)C=C[C@@]45C[C@@]35CC[C@]12C)[C@@H](C)COC(=O)CP(=O)(O)O. The summed E-state index contributed by atoms with van der Waals surface area (Å²) in [5, 5.41) is 0. The summed E-state index contributed by atoms with van der Waals surface area (Å²) in [4.78, 5) is 81.9. The van der Waals surface area contributed by atoms with Crippen molar-refractivity contribution in [3.63, 3.8) is 0 Å². The van der Waals surface area contributed by atoms with E-state index in [-0.39, 0.29) is 46.0 Å². The van der Waals surface area contributed by atoms with E-state index in [0.29, 0.717) is 18.8 Å². The van der Waals surface area contributed by atoms with E-state index in [1.165, 1.54) is 13.8 Å². The first kappa shape index (κ1) is 34.7. The Kier molecular flexibility index (Phi) is 8.69. The Balaban J connectivity index is 1.46. The number of hydrogen-bond donors (Lipinski definition) is 2. The molecule has 254 valence electrons. The molecule has 0 aliphatic heterocycles. The van der Waals surface area contributed by atoms with Gasteiger partial charge in [0.25, 0.3) is 0 Å². The Hall–Kier alpha value is -2.62. The number of allylic oxidation sites excluding steroid dienone is 2. The van der Waals surface area contributed by atoms with E-state index >= 15 is 0 Å². The van der Waals surface area contributed by atoms with Crippen molar-refractivity contribution in [1.29, 1.82) is 0 Å². The van der Waals surface area contributed by atoms with Crippen LogP contribution in [0.2, 0.25) is 0 Å². The van der Waals surface area contributed by atoms with Gasteiger partial charge in [-0.3, -0.25) is 28.5 Å². The number of esters is 3. The smallest absolute Gasteiger partial charge is 0.336 e. The summed E-state index contributed by atoms with van der Waals surface area (Å²) in [6.45, 7) is 14.1. The molecule has 4 fully saturated rings. The van der Waals surface area contributed by atoms with E-state index in [2.05, 4.69) is 26.5 Å². The van der Waals surface area contributed by atoms with Crippen molar-refractivity contribution in [3.05, 3.63) is 24.3 Å². The molecule has 2 N–H and O–H groups in total. The van der Waals surface area contributed by atoms with Gasteiger partial charge in [0.2, 0.25) is 0 Å². The Morgan fingerprint density at radius 3 is 2.37 bits per heavy atom. The van der Waals surface area contributed by atoms with Gasteiger partial charge in [0.05, 0.1) is 6.61 Å². The molecule has 0 radical (unpaired) electrons. The molecule has 0 aromatic carbocycles. The van der Waals surface area contributed by atoms with E-state index in [1.54, 1.807) is 13.0 Å². The average Bonchev–Trinajstić information content (AvgIpc) is 3.55. The first-order valence-electron chi connectivity index (χ1n) is 16.2. The lowest BCUT2D eigenvalue weighted by Gasteiger charge is -2.60. The molecular formula is C34H47O11P. The third kappa shape index (κ3) is 5.34. The van der Waals surface area contributed by atoms with Crippen molar-refractivity contribution < 1.29 is 52.5 Å². The monoisotopic (exact) mass is 662 g/mol. The molecule has 5 aliphatic rings. The van der Waals surface area contributed by atoms with E-state index in [0.717, 1.165) is 25.7 Å². The number of carbonyl (C=O) groups excluding carboxylic acids is 5. The number of fused-ring (bicyclic) bond motifs is 2. The Morgan fingerprint density at radius 2 is 1.76 bits per heavy atom. The number of ether oxygens (including phenoxy) is 3. The Bertz CT molecular complexity index is 1450. The molecule has 0 aromatic rings. The standard InChI is InChI=1S/C34H47O11P/c1-18(15-43-27(38)16-46(40,41)42)19(2)29(39)30(45-22(5)36)28-25(44-21(4)35)14-32(7)26-9-8-23-20(3)24(37)10-11-33(23)17-34(26,33)13-12-31(28,32)6/h10-11,18,20,23,25-26,28,30H,2,8-9,12-17H2,1,3-7H3,(H2,40,41,42)/t18-,20-,23-,25-,26-,28?,30+,31+,32-,33+,34-/m0/s1. The minimum atomic E-state index is -4.63. The van der Waals surface area contributed by atoms with Gasteiger partial charge in [0.15, 0.2) is 17.7 Å². The molecule has 0 heterocycles. The molecule has 0 amide bonds. The van der Waals surface area contributed by atoms with Crippen LogP contribution >= 0.6 is 7.60 Å². The van der Waals surface area contributed by atoms with Gasteiger partial charge in [0, 0.05) is 31.6 Å². The maximum Gasteiger partial charge on any atom is 0.336 e. The van der Waals surface area contributed by atoms with Gasteiger partial charge in [-0.15, -0.1) is 0 Å². The van der Waals surface area contributed by atoms with Gasteiger partial charge < -0.3 is 24.0 Å². The molecule has 2 spiro atoms. The highest BCUT2D eigenvalue weighted by molar-refractivity contribution is 7.52. The Morgan fingerprint density at radius 1 is 1.09 bits per heavy atom. The van der Waals surface area contributed by atoms with E-state index in [4.69, 9.17) is 24.0 Å². The number of hydrogen-bond acceptors (Lipinski definition) is 9. The quantitative estimate of drug-likeness (QED) is 0.148. The summed E-state index contributed by atoms with van der Waals surface area (Å²) in [5.41, 5.74) is -0.953. The summed E-state index contributed by atoms with van der Waals surface area (Å²) in [6, 6.07) is 0. The van der Waals surface area contributed by atoms with Crippen molar-refractivity contribution in [2.75, 3.05) is 12.8 Å². The van der Waals surface area contributed by atoms with E-state index in [9.17, 15) is 28.5 Å². The molecule has 46 heavy (non-hydrogen) atoms. The number of ketones is 2. The van der Waals surface area contributed by atoms with E-state index < -0.39 is 66.9 Å². The van der Waals surface area contributed by atoms with Gasteiger partial charge in [-0.2, -0.15) is 0 Å². The largest absolute Gasteiger partial charge is 0.465 e. The third-order valence-electron chi connectivity index (χ3n) is 13.0. The minimum Gasteiger partial charge on any atom is -0.465 e. The topological polar surface area (TPSA) is 171 Å². The van der Waals surface area contributed by atoms with Crippen LogP contribution in [0.4, 0.5) is 0 Å². The average molecular weight is 663 g/mol. The summed E-state index contributed by atoms with van der Waals surface area (Å²) >= 11 is 0. The van der Waals surface area contributed by atoms with Gasteiger partial charge in [-0.05, 0) is 83.7 Å². The highest BCUT2D eigenvalue weighted by Gasteiger charge is 2.82. The molecule has 11 nitrogen and oxygen atoms in total. The molecule has 4 saturated carbocycles. The molecule has 5 rings (SSSR count). The maximum atomic E-state index is 14.2. The maximum absolute atomic E-state index is 14.2. The van der Waals surface area contributed by atoms with Crippen LogP contribution < -0.4 is 0 Å². The van der Waals surface area contributed by atoms with Crippen molar-refractivity contribution in [3.8, 4) is 0 Å². The zero-order valence-corrected chi connectivity index (χ0v) is 28.5. The molecule has 0 aromatic heterocycles. The molecule has 0 saturated heterocycles. The summed E-state index contributed by atoms with van der Waals surface area (Å²) in [6.07, 6.45) is 5.76. The van der Waals surface area contributed by atoms with Crippen molar-refractivity contribution >= 4 is 37.1 Å². The summed E-state index contributed by atoms with van der Waals surface area (Å²) in [5.74, 6) is -3.58. The summed E-state index contributed by atoms with van der Waals surface area (Å²) < 4.78 is 28.0. The fourth-order valence-electron chi connectivity index (χ4n) is 10.7. The second-order valence-electron chi connectivity index (χ2n) is 15.2. The number of Topliss-reactive ketones (excluding diaryl/α,β-unsaturated/α-hetero) is 1. The van der Waals surface area contributed by atoms with Crippen molar-refractivity contribution in [1.82, 2.24) is 0 Å². The van der Waals surface area contributed by atoms with Gasteiger partial charge in [0.1, 0.15) is 12.3 Å². The van der Waals surface area contributed by atoms with Crippen LogP contribution in [0.25, 0.3) is 0 Å². The summed E-state index contributed by atoms with van der Waals surface area (Å²) in [7, 11) is -4.63. The number of carbonyl (C=O) groups is 5. The third-order valence-corrected chi connectivity index (χ3v) is 13.6. The first-order chi connectivity index (χ1) is 21.2. The van der Waals surface area contributed by atoms with Crippen molar-refractivity contribution in [2.45, 2.75) is 92.3 Å².